The van der Waals surface area contributed by atoms with Crippen molar-refractivity contribution in [2.75, 3.05) is 7.11 Å². The summed E-state index contributed by atoms with van der Waals surface area (Å²) in [6.45, 7) is 2.14. The smallest absolute Gasteiger partial charge is 0.196 e. The number of thioether (sulfide) groups is 1. The van der Waals surface area contributed by atoms with Gasteiger partial charge in [0.15, 0.2) is 11.0 Å². The molecule has 4 aromatic rings. The van der Waals surface area contributed by atoms with E-state index < -0.39 is 0 Å². The zero-order valence-corrected chi connectivity index (χ0v) is 16.8. The molecule has 4 rings (SSSR count). The summed E-state index contributed by atoms with van der Waals surface area (Å²) in [5, 5.41) is 11.9. The highest BCUT2D eigenvalue weighted by atomic mass is 32.2. The standard InChI is InChI=1S/C21H19N3OS2/c1-15-8-3-4-9-16(15)14-27-21-23-22-20(19-12-7-13-26-19)24(21)17-10-5-6-11-18(17)25-2/h3-13H,14H2,1-2H3. The van der Waals surface area contributed by atoms with Crippen LogP contribution in [0.25, 0.3) is 16.4 Å². The fraction of sp³-hybridized carbons (Fsp3) is 0.143. The predicted octanol–water partition coefficient (Wildman–Crippen LogP) is 5.61. The molecule has 2 heterocycles. The molecule has 0 aliphatic rings. The van der Waals surface area contributed by atoms with Gasteiger partial charge in [0.1, 0.15) is 5.75 Å². The zero-order valence-electron chi connectivity index (χ0n) is 15.1. The third-order valence-corrected chi connectivity index (χ3v) is 6.16. The number of rotatable bonds is 6. The summed E-state index contributed by atoms with van der Waals surface area (Å²) in [4.78, 5) is 1.08. The first-order valence-electron chi connectivity index (χ1n) is 8.58. The van der Waals surface area contributed by atoms with Crippen LogP contribution < -0.4 is 4.74 Å². The Kier molecular flexibility index (Phi) is 5.27. The summed E-state index contributed by atoms with van der Waals surface area (Å²) in [5.74, 6) is 2.47. The SMILES string of the molecule is COc1ccccc1-n1c(SCc2ccccc2C)nnc1-c1cccs1. The second-order valence-corrected chi connectivity index (χ2v) is 7.90. The van der Waals surface area contributed by atoms with Gasteiger partial charge in [0.25, 0.3) is 0 Å². The summed E-state index contributed by atoms with van der Waals surface area (Å²) < 4.78 is 7.69. The van der Waals surface area contributed by atoms with Gasteiger partial charge < -0.3 is 4.74 Å². The van der Waals surface area contributed by atoms with Crippen LogP contribution in [0.5, 0.6) is 5.75 Å². The van der Waals surface area contributed by atoms with Crippen LogP contribution in [0.1, 0.15) is 11.1 Å². The van der Waals surface area contributed by atoms with E-state index in [1.165, 1.54) is 11.1 Å². The normalized spacial score (nSPS) is 10.9. The molecule has 6 heteroatoms. The molecule has 0 unspecified atom stereocenters. The van der Waals surface area contributed by atoms with Gasteiger partial charge in [-0.05, 0) is 41.6 Å². The van der Waals surface area contributed by atoms with Gasteiger partial charge in [0.05, 0.1) is 17.7 Å². The summed E-state index contributed by atoms with van der Waals surface area (Å²) in [7, 11) is 1.69. The maximum Gasteiger partial charge on any atom is 0.196 e. The number of para-hydroxylation sites is 2. The quantitative estimate of drug-likeness (QED) is 0.400. The van der Waals surface area contributed by atoms with E-state index in [4.69, 9.17) is 4.74 Å². The molecule has 27 heavy (non-hydrogen) atoms. The van der Waals surface area contributed by atoms with Crippen molar-refractivity contribution in [2.45, 2.75) is 17.8 Å². The number of ether oxygens (including phenoxy) is 1. The molecule has 2 aromatic heterocycles. The molecular weight excluding hydrogens is 374 g/mol. The van der Waals surface area contributed by atoms with E-state index in [0.717, 1.165) is 33.0 Å². The minimum Gasteiger partial charge on any atom is -0.495 e. The molecule has 0 N–H and O–H groups in total. The highest BCUT2D eigenvalue weighted by Crippen LogP contribution is 2.35. The first kappa shape index (κ1) is 17.8. The van der Waals surface area contributed by atoms with Crippen LogP contribution in [-0.2, 0) is 5.75 Å². The molecule has 0 amide bonds. The molecule has 0 spiro atoms. The highest BCUT2D eigenvalue weighted by molar-refractivity contribution is 7.98. The van der Waals surface area contributed by atoms with Gasteiger partial charge in [-0.2, -0.15) is 0 Å². The Morgan fingerprint density at radius 3 is 2.59 bits per heavy atom. The average Bonchev–Trinajstić information content (AvgIpc) is 3.37. The minimum atomic E-state index is 0.799. The van der Waals surface area contributed by atoms with Gasteiger partial charge in [-0.3, -0.25) is 4.57 Å². The summed E-state index contributed by atoms with van der Waals surface area (Å²) in [5.41, 5.74) is 3.53. The Labute approximate surface area is 166 Å². The monoisotopic (exact) mass is 393 g/mol. The van der Waals surface area contributed by atoms with Crippen LogP contribution in [0.2, 0.25) is 0 Å². The maximum atomic E-state index is 5.60. The number of methoxy groups -OCH3 is 1. The van der Waals surface area contributed by atoms with E-state index >= 15 is 0 Å². The lowest BCUT2D eigenvalue weighted by Gasteiger charge is -2.13. The van der Waals surface area contributed by atoms with Crippen molar-refractivity contribution >= 4 is 23.1 Å². The average molecular weight is 394 g/mol. The molecule has 136 valence electrons. The highest BCUT2D eigenvalue weighted by Gasteiger charge is 2.19. The van der Waals surface area contributed by atoms with E-state index in [0.29, 0.717) is 0 Å². The van der Waals surface area contributed by atoms with Crippen LogP contribution in [0.15, 0.2) is 71.2 Å². The van der Waals surface area contributed by atoms with Gasteiger partial charge >= 0.3 is 0 Å². The molecule has 0 aliphatic heterocycles. The molecule has 0 bridgehead atoms. The van der Waals surface area contributed by atoms with E-state index in [1.807, 2.05) is 30.3 Å². The van der Waals surface area contributed by atoms with Crippen molar-refractivity contribution in [3.05, 3.63) is 77.2 Å². The third kappa shape index (κ3) is 3.63. The molecule has 0 saturated heterocycles. The largest absolute Gasteiger partial charge is 0.495 e. The lowest BCUT2D eigenvalue weighted by Crippen LogP contribution is -2.02. The van der Waals surface area contributed by atoms with E-state index in [9.17, 15) is 0 Å². The van der Waals surface area contributed by atoms with E-state index in [1.54, 1.807) is 30.2 Å². The van der Waals surface area contributed by atoms with Crippen LogP contribution in [0, 0.1) is 6.92 Å². The number of hydrogen-bond acceptors (Lipinski definition) is 5. The number of thiophene rings is 1. The van der Waals surface area contributed by atoms with Crippen LogP contribution >= 0.6 is 23.1 Å². The van der Waals surface area contributed by atoms with Crippen molar-refractivity contribution in [2.24, 2.45) is 0 Å². The molecule has 2 aromatic carbocycles. The maximum absolute atomic E-state index is 5.60. The molecule has 0 aliphatic carbocycles. The van der Waals surface area contributed by atoms with Gasteiger partial charge in [0.2, 0.25) is 0 Å². The van der Waals surface area contributed by atoms with E-state index in [2.05, 4.69) is 57.4 Å². The summed E-state index contributed by atoms with van der Waals surface area (Å²) >= 11 is 3.34. The topological polar surface area (TPSA) is 39.9 Å². The van der Waals surface area contributed by atoms with Crippen molar-refractivity contribution in [1.29, 1.82) is 0 Å². The molecular formula is C21H19N3OS2. The van der Waals surface area contributed by atoms with Crippen LogP contribution in [0.4, 0.5) is 0 Å². The molecule has 0 atom stereocenters. The first-order valence-corrected chi connectivity index (χ1v) is 10.4. The Hall–Kier alpha value is -2.57. The summed E-state index contributed by atoms with van der Waals surface area (Å²) in [6.07, 6.45) is 0. The Balaban J connectivity index is 1.77. The third-order valence-electron chi connectivity index (χ3n) is 4.32. The minimum absolute atomic E-state index is 0.799. The fourth-order valence-corrected chi connectivity index (χ4v) is 4.59. The van der Waals surface area contributed by atoms with Crippen molar-refractivity contribution in [3.8, 4) is 22.1 Å². The number of aromatic nitrogens is 3. The number of aryl methyl sites for hydroxylation is 1. The molecule has 0 saturated carbocycles. The Morgan fingerprint density at radius 1 is 1.00 bits per heavy atom. The van der Waals surface area contributed by atoms with Gasteiger partial charge in [0, 0.05) is 5.75 Å². The Morgan fingerprint density at radius 2 is 1.81 bits per heavy atom. The van der Waals surface area contributed by atoms with Crippen molar-refractivity contribution in [1.82, 2.24) is 14.8 Å². The summed E-state index contributed by atoms with van der Waals surface area (Å²) in [6, 6.07) is 20.5. The lowest BCUT2D eigenvalue weighted by atomic mass is 10.1. The van der Waals surface area contributed by atoms with Crippen molar-refractivity contribution in [3.63, 3.8) is 0 Å². The van der Waals surface area contributed by atoms with Crippen molar-refractivity contribution < 1.29 is 4.74 Å². The number of nitrogens with zero attached hydrogens (tertiary/aromatic N) is 3. The van der Waals surface area contributed by atoms with E-state index in [-0.39, 0.29) is 0 Å². The Bertz CT molecular complexity index is 1040. The molecule has 4 nitrogen and oxygen atoms in total. The molecule has 0 radical (unpaired) electrons. The number of hydrogen-bond donors (Lipinski definition) is 0. The van der Waals surface area contributed by atoms with Crippen LogP contribution in [0.3, 0.4) is 0 Å². The lowest BCUT2D eigenvalue weighted by molar-refractivity contribution is 0.412. The molecule has 0 fully saturated rings. The van der Waals surface area contributed by atoms with Crippen LogP contribution in [-0.4, -0.2) is 21.9 Å². The first-order chi connectivity index (χ1) is 13.3. The zero-order chi connectivity index (χ0) is 18.6. The second-order valence-electron chi connectivity index (χ2n) is 6.01. The second kappa shape index (κ2) is 7.98. The fourth-order valence-electron chi connectivity index (χ4n) is 2.87. The number of benzene rings is 2. The van der Waals surface area contributed by atoms with Gasteiger partial charge in [-0.25, -0.2) is 0 Å². The van der Waals surface area contributed by atoms with Gasteiger partial charge in [-0.15, -0.1) is 21.5 Å². The predicted molar refractivity (Wildman–Crippen MR) is 112 cm³/mol. The van der Waals surface area contributed by atoms with Gasteiger partial charge in [-0.1, -0.05) is 54.2 Å².